The van der Waals surface area contributed by atoms with Gasteiger partial charge in [0.1, 0.15) is 0 Å². The van der Waals surface area contributed by atoms with Gasteiger partial charge in [-0.15, -0.1) is 0 Å². The molecule has 3 fully saturated rings. The van der Waals surface area contributed by atoms with Crippen LogP contribution in [-0.4, -0.2) is 84.0 Å². The van der Waals surface area contributed by atoms with Crippen LogP contribution < -0.4 is 21.6 Å². The predicted molar refractivity (Wildman–Crippen MR) is 141 cm³/mol. The molecular formula is C30H42IO9-. The Morgan fingerprint density at radius 2 is 1.98 bits per heavy atom. The van der Waals surface area contributed by atoms with Crippen molar-refractivity contribution >= 4 is 11.9 Å². The molecule has 224 valence electrons. The Bertz CT molecular complexity index is 1070. The third-order valence-corrected chi connectivity index (χ3v) is 11.3. The summed E-state index contributed by atoms with van der Waals surface area (Å²) in [6.07, 6.45) is 8.47. The summed E-state index contributed by atoms with van der Waals surface area (Å²) in [6, 6.07) is 0. The quantitative estimate of drug-likeness (QED) is 0.146. The summed E-state index contributed by atoms with van der Waals surface area (Å²) in [5.74, 6) is -1.48. The van der Waals surface area contributed by atoms with Crippen molar-refractivity contribution in [1.29, 1.82) is 0 Å². The van der Waals surface area contributed by atoms with E-state index in [1.807, 2.05) is 24.9 Å². The van der Waals surface area contributed by atoms with Crippen molar-refractivity contribution in [1.82, 2.24) is 0 Å². The summed E-state index contributed by atoms with van der Waals surface area (Å²) >= 11 is -0.405. The summed E-state index contributed by atoms with van der Waals surface area (Å²) in [7, 11) is 0. The van der Waals surface area contributed by atoms with E-state index >= 15 is 0 Å². The number of carbonyl (C=O) groups is 2. The van der Waals surface area contributed by atoms with E-state index in [1.54, 1.807) is 12.2 Å². The number of carbonyl (C=O) groups excluding carboxylic acids is 2. The van der Waals surface area contributed by atoms with Crippen LogP contribution in [0.4, 0.5) is 0 Å². The van der Waals surface area contributed by atoms with Gasteiger partial charge in [0, 0.05) is 0 Å². The molecule has 0 amide bonds. The van der Waals surface area contributed by atoms with Crippen LogP contribution in [0.5, 0.6) is 0 Å². The Kier molecular flexibility index (Phi) is 8.86. The number of cyclic esters (lactones) is 1. The number of alkyl halides is 1. The van der Waals surface area contributed by atoms with E-state index in [4.69, 9.17) is 26.8 Å². The summed E-state index contributed by atoms with van der Waals surface area (Å²) in [5.41, 5.74) is -0.712. The third kappa shape index (κ3) is 5.10. The normalized spacial score (nSPS) is 46.3. The van der Waals surface area contributed by atoms with Gasteiger partial charge < -0.3 is 9.47 Å². The van der Waals surface area contributed by atoms with Gasteiger partial charge in [-0.1, -0.05) is 11.6 Å². The van der Waals surface area contributed by atoms with Gasteiger partial charge in [0.15, 0.2) is 0 Å². The first-order chi connectivity index (χ1) is 19.1. The number of epoxide rings is 1. The minimum Gasteiger partial charge on any atom is -0.366 e. The van der Waals surface area contributed by atoms with Crippen molar-refractivity contribution in [2.24, 2.45) is 16.7 Å². The van der Waals surface area contributed by atoms with Crippen molar-refractivity contribution in [2.75, 3.05) is 24.8 Å². The van der Waals surface area contributed by atoms with Crippen LogP contribution in [0.3, 0.4) is 0 Å². The Hall–Kier alpha value is -1.31. The molecule has 10 atom stereocenters. The average Bonchev–Trinajstić information content (AvgIpc) is 3.70. The maximum absolute atomic E-state index is 13.2. The molecule has 2 aliphatic carbocycles. The fourth-order valence-corrected chi connectivity index (χ4v) is 8.32. The van der Waals surface area contributed by atoms with Crippen molar-refractivity contribution in [3.8, 4) is 0 Å². The van der Waals surface area contributed by atoms with Crippen LogP contribution in [0, 0.1) is 16.7 Å². The van der Waals surface area contributed by atoms with Gasteiger partial charge in [-0.05, 0) is 19.8 Å². The second-order valence-corrected chi connectivity index (χ2v) is 13.5. The number of esters is 2. The van der Waals surface area contributed by atoms with Gasteiger partial charge in [-0.2, -0.15) is 0 Å². The molecule has 9 nitrogen and oxygen atoms in total. The first-order valence-electron chi connectivity index (χ1n) is 14.2. The molecule has 10 heteroatoms. The first kappa shape index (κ1) is 30.2. The maximum atomic E-state index is 13.2. The molecule has 0 radical (unpaired) electrons. The molecule has 40 heavy (non-hydrogen) atoms. The number of allylic oxidation sites excluding steroid dienone is 3. The van der Waals surface area contributed by atoms with E-state index in [9.17, 15) is 14.7 Å². The smallest absolute Gasteiger partial charge is 0.366 e. The second-order valence-electron chi connectivity index (χ2n) is 12.1. The molecule has 0 aromatic rings. The monoisotopic (exact) mass is 673 g/mol. The van der Waals surface area contributed by atoms with Crippen LogP contribution in [0.25, 0.3) is 0 Å². The predicted octanol–water partition coefficient (Wildman–Crippen LogP) is 0.0515. The molecule has 5 rings (SSSR count). The van der Waals surface area contributed by atoms with Crippen molar-refractivity contribution in [3.63, 3.8) is 0 Å². The van der Waals surface area contributed by atoms with Crippen molar-refractivity contribution < 1.29 is 63.1 Å². The van der Waals surface area contributed by atoms with Crippen LogP contribution in [0.15, 0.2) is 36.0 Å². The SMILES string of the molecule is C[I-]OC(C)C1/C=C/C=C\C(=O)OC2CC3OC4C=C(C)CCC4(COC(=O)C(O)C(C)CCO1)C2(C)C31CO1. The number of halogens is 1. The Morgan fingerprint density at radius 1 is 1.20 bits per heavy atom. The Balaban J connectivity index is 1.48. The van der Waals surface area contributed by atoms with Crippen LogP contribution in [0.2, 0.25) is 0 Å². The molecule has 1 saturated carbocycles. The van der Waals surface area contributed by atoms with E-state index in [0.717, 1.165) is 6.42 Å². The number of aliphatic hydroxyl groups excluding tert-OH is 1. The van der Waals surface area contributed by atoms with Gasteiger partial charge in [0.05, 0.1) is 12.7 Å². The van der Waals surface area contributed by atoms with Crippen LogP contribution in [-0.2, 0) is 36.3 Å². The summed E-state index contributed by atoms with van der Waals surface area (Å²) in [6.45, 7) is 8.83. The minimum absolute atomic E-state index is 0.0402. The summed E-state index contributed by atoms with van der Waals surface area (Å²) < 4.78 is 36.8. The summed E-state index contributed by atoms with van der Waals surface area (Å²) in [5, 5.41) is 10.9. The standard InChI is InChI=1S/C30H42IO9/c1-18-10-12-29-16-36-27(34)26(33)19(2)11-13-35-21(20(3)40-31-5)8-6-7-9-25(32)39-22-15-24(38-23(29)14-18)30(17-37-30)28(22,29)4/h6-9,14,19-24,26,33H,10-13,15-17H2,1-5H3/q-1/b8-6+,9-7-. The Labute approximate surface area is 247 Å². The fraction of sp³-hybridized carbons (Fsp3) is 0.733. The molecule has 3 heterocycles. The molecule has 3 aliphatic heterocycles. The molecule has 2 bridgehead atoms. The third-order valence-electron chi connectivity index (χ3n) is 9.95. The van der Waals surface area contributed by atoms with E-state index in [0.29, 0.717) is 32.5 Å². The zero-order valence-corrected chi connectivity index (χ0v) is 26.1. The molecule has 10 unspecified atom stereocenters. The molecule has 0 aromatic carbocycles. The molecule has 1 N–H and O–H groups in total. The minimum atomic E-state index is -1.29. The van der Waals surface area contributed by atoms with E-state index in [-0.39, 0.29) is 36.9 Å². The molecule has 5 aliphatic rings. The zero-order valence-electron chi connectivity index (χ0n) is 24.0. The fourth-order valence-electron chi connectivity index (χ4n) is 7.23. The van der Waals surface area contributed by atoms with Gasteiger partial charge in [0.25, 0.3) is 0 Å². The molecule has 2 saturated heterocycles. The second kappa shape index (κ2) is 11.8. The van der Waals surface area contributed by atoms with E-state index in [1.165, 1.54) is 11.6 Å². The van der Waals surface area contributed by atoms with E-state index in [2.05, 4.69) is 19.9 Å². The number of aliphatic hydroxyl groups is 1. The van der Waals surface area contributed by atoms with E-state index < -0.39 is 62.2 Å². The zero-order chi connectivity index (χ0) is 28.7. The van der Waals surface area contributed by atoms with Gasteiger partial charge in [0.2, 0.25) is 0 Å². The van der Waals surface area contributed by atoms with Crippen LogP contribution in [0.1, 0.15) is 53.4 Å². The molecule has 2 spiro atoms. The Morgan fingerprint density at radius 3 is 2.70 bits per heavy atom. The number of ether oxygens (including phenoxy) is 5. The molecular weight excluding hydrogens is 631 g/mol. The first-order valence-corrected chi connectivity index (χ1v) is 17.3. The van der Waals surface area contributed by atoms with Gasteiger partial charge in [-0.25, -0.2) is 0 Å². The number of rotatable bonds is 3. The number of hydrogen-bond acceptors (Lipinski definition) is 9. The summed E-state index contributed by atoms with van der Waals surface area (Å²) in [4.78, 5) is 28.3. The van der Waals surface area contributed by atoms with Crippen molar-refractivity contribution in [3.05, 3.63) is 36.0 Å². The van der Waals surface area contributed by atoms with Gasteiger partial charge >= 0.3 is 194 Å². The molecule has 0 aromatic heterocycles. The van der Waals surface area contributed by atoms with Crippen molar-refractivity contribution in [2.45, 2.75) is 95.6 Å². The van der Waals surface area contributed by atoms with Crippen LogP contribution >= 0.6 is 0 Å². The van der Waals surface area contributed by atoms with Gasteiger partial charge in [-0.3, -0.25) is 0 Å². The average molecular weight is 674 g/mol. The topological polar surface area (TPSA) is 113 Å². The number of hydrogen-bond donors (Lipinski definition) is 1.